The molecule has 0 aliphatic carbocycles. The van der Waals surface area contributed by atoms with Gasteiger partial charge in [0.15, 0.2) is 6.39 Å². The molecule has 2 rings (SSSR count). The van der Waals surface area contributed by atoms with Crippen molar-refractivity contribution in [1.29, 1.82) is 0 Å². The summed E-state index contributed by atoms with van der Waals surface area (Å²) in [7, 11) is 0. The number of amides is 1. The van der Waals surface area contributed by atoms with Crippen LogP contribution in [0, 0.1) is 6.92 Å². The fourth-order valence-electron chi connectivity index (χ4n) is 2.11. The minimum Gasteiger partial charge on any atom is -0.438 e. The van der Waals surface area contributed by atoms with E-state index in [1.807, 2.05) is 11.8 Å². The molecule has 0 bridgehead atoms. The van der Waals surface area contributed by atoms with Crippen LogP contribution >= 0.6 is 0 Å². The molecule has 1 aromatic rings. The molecule has 5 heteroatoms. The number of likely N-dealkylation sites (N-methyl/N-ethyl adjacent to an activating group) is 1. The Balaban J connectivity index is 2.15. The Morgan fingerprint density at radius 2 is 2.56 bits per heavy atom. The van der Waals surface area contributed by atoms with Crippen molar-refractivity contribution >= 4 is 5.91 Å². The third-order valence-electron chi connectivity index (χ3n) is 3.02. The molecule has 1 aliphatic rings. The van der Waals surface area contributed by atoms with Crippen LogP contribution in [-0.2, 0) is 0 Å². The maximum Gasteiger partial charge on any atom is 0.291 e. The van der Waals surface area contributed by atoms with Gasteiger partial charge in [-0.25, -0.2) is 4.98 Å². The molecular formula is C11H17N3O2. The van der Waals surface area contributed by atoms with Gasteiger partial charge in [-0.2, -0.15) is 0 Å². The topological polar surface area (TPSA) is 58.4 Å². The third-order valence-corrected chi connectivity index (χ3v) is 3.02. The Morgan fingerprint density at radius 1 is 1.75 bits per heavy atom. The second kappa shape index (κ2) is 4.65. The van der Waals surface area contributed by atoms with Crippen molar-refractivity contribution in [3.63, 3.8) is 0 Å². The van der Waals surface area contributed by atoms with E-state index in [1.54, 1.807) is 6.92 Å². The predicted molar refractivity (Wildman–Crippen MR) is 59.2 cm³/mol. The van der Waals surface area contributed by atoms with Crippen molar-refractivity contribution in [3.05, 3.63) is 17.8 Å². The van der Waals surface area contributed by atoms with Crippen LogP contribution in [0.25, 0.3) is 0 Å². The van der Waals surface area contributed by atoms with Crippen molar-refractivity contribution in [1.82, 2.24) is 15.2 Å². The van der Waals surface area contributed by atoms with Crippen molar-refractivity contribution in [3.8, 4) is 0 Å². The van der Waals surface area contributed by atoms with E-state index < -0.39 is 0 Å². The van der Waals surface area contributed by atoms with Crippen LogP contribution in [0.1, 0.15) is 29.6 Å². The molecule has 1 N–H and O–H groups in total. The normalized spacial score (nSPS) is 20.0. The zero-order valence-corrected chi connectivity index (χ0v) is 9.69. The highest BCUT2D eigenvalue weighted by molar-refractivity contribution is 5.92. The minimum atomic E-state index is -0.0498. The van der Waals surface area contributed by atoms with Crippen LogP contribution < -0.4 is 5.32 Å². The van der Waals surface area contributed by atoms with Crippen molar-refractivity contribution in [2.24, 2.45) is 0 Å². The van der Waals surface area contributed by atoms with Crippen LogP contribution in [0.2, 0.25) is 0 Å². The molecule has 1 amide bonds. The lowest BCUT2D eigenvalue weighted by molar-refractivity contribution is 0.0670. The summed E-state index contributed by atoms with van der Waals surface area (Å²) in [5, 5.41) is 3.26. The molecule has 5 nitrogen and oxygen atoms in total. The minimum absolute atomic E-state index is 0.0498. The monoisotopic (exact) mass is 223 g/mol. The molecular weight excluding hydrogens is 206 g/mol. The van der Waals surface area contributed by atoms with E-state index in [9.17, 15) is 4.79 Å². The molecule has 0 saturated carbocycles. The van der Waals surface area contributed by atoms with Crippen molar-refractivity contribution in [2.75, 3.05) is 19.6 Å². The number of nitrogens with zero attached hydrogens (tertiary/aromatic N) is 2. The zero-order chi connectivity index (χ0) is 11.5. The van der Waals surface area contributed by atoms with Crippen LogP contribution in [-0.4, -0.2) is 41.5 Å². The van der Waals surface area contributed by atoms with Gasteiger partial charge in [0.25, 0.3) is 5.91 Å². The van der Waals surface area contributed by atoms with Crippen LogP contribution in [0.5, 0.6) is 0 Å². The Hall–Kier alpha value is -1.36. The Bertz CT molecular complexity index is 369. The van der Waals surface area contributed by atoms with E-state index in [0.29, 0.717) is 18.0 Å². The molecule has 1 atom stereocenters. The third kappa shape index (κ3) is 1.95. The quantitative estimate of drug-likeness (QED) is 0.823. The lowest BCUT2D eigenvalue weighted by Crippen LogP contribution is -2.41. The number of nitrogens with one attached hydrogen (secondary N) is 1. The summed E-state index contributed by atoms with van der Waals surface area (Å²) in [5.74, 6) is 0.319. The van der Waals surface area contributed by atoms with Gasteiger partial charge < -0.3 is 14.6 Å². The van der Waals surface area contributed by atoms with Gasteiger partial charge in [-0.05, 0) is 26.8 Å². The number of hydrogen-bond donors (Lipinski definition) is 1. The molecule has 1 unspecified atom stereocenters. The highest BCUT2D eigenvalue weighted by Crippen LogP contribution is 2.15. The van der Waals surface area contributed by atoms with Gasteiger partial charge in [0, 0.05) is 19.1 Å². The van der Waals surface area contributed by atoms with E-state index in [0.717, 1.165) is 19.5 Å². The molecule has 1 aromatic heterocycles. The second-order valence-electron chi connectivity index (χ2n) is 4.00. The fourth-order valence-corrected chi connectivity index (χ4v) is 2.11. The number of carbonyl (C=O) groups excluding carboxylic acids is 1. The number of rotatable bonds is 3. The van der Waals surface area contributed by atoms with E-state index in [4.69, 9.17) is 4.42 Å². The van der Waals surface area contributed by atoms with Crippen LogP contribution in [0.3, 0.4) is 0 Å². The van der Waals surface area contributed by atoms with Gasteiger partial charge in [-0.15, -0.1) is 0 Å². The van der Waals surface area contributed by atoms with E-state index in [2.05, 4.69) is 10.3 Å². The van der Waals surface area contributed by atoms with Crippen molar-refractivity contribution < 1.29 is 9.21 Å². The number of aromatic nitrogens is 1. The first kappa shape index (κ1) is 11.1. The number of carbonyl (C=O) groups is 1. The lowest BCUT2D eigenvalue weighted by atomic mass is 10.2. The molecule has 1 saturated heterocycles. The fraction of sp³-hybridized carbons (Fsp3) is 0.636. The Morgan fingerprint density at radius 3 is 3.06 bits per heavy atom. The largest absolute Gasteiger partial charge is 0.438 e. The molecule has 1 aliphatic heterocycles. The summed E-state index contributed by atoms with van der Waals surface area (Å²) in [4.78, 5) is 18.0. The molecule has 88 valence electrons. The first-order valence-electron chi connectivity index (χ1n) is 5.65. The second-order valence-corrected chi connectivity index (χ2v) is 4.00. The van der Waals surface area contributed by atoms with Crippen LogP contribution in [0.4, 0.5) is 0 Å². The molecule has 0 radical (unpaired) electrons. The average Bonchev–Trinajstić information content (AvgIpc) is 2.90. The standard InChI is InChI=1S/C11H17N3O2/c1-3-14(9-4-5-12-6-9)11(15)10-8(2)13-7-16-10/h7,9,12H,3-6H2,1-2H3. The highest BCUT2D eigenvalue weighted by atomic mass is 16.3. The molecule has 0 aromatic carbocycles. The molecule has 1 fully saturated rings. The van der Waals surface area contributed by atoms with Crippen molar-refractivity contribution in [2.45, 2.75) is 26.3 Å². The van der Waals surface area contributed by atoms with Gasteiger partial charge >= 0.3 is 0 Å². The van der Waals surface area contributed by atoms with Gasteiger partial charge in [-0.3, -0.25) is 4.79 Å². The first-order chi connectivity index (χ1) is 7.74. The Kier molecular flexibility index (Phi) is 3.24. The van der Waals surface area contributed by atoms with Gasteiger partial charge in [0.2, 0.25) is 5.76 Å². The van der Waals surface area contributed by atoms with E-state index in [1.165, 1.54) is 6.39 Å². The lowest BCUT2D eigenvalue weighted by Gasteiger charge is -2.26. The van der Waals surface area contributed by atoms with Crippen LogP contribution in [0.15, 0.2) is 10.8 Å². The smallest absolute Gasteiger partial charge is 0.291 e. The molecule has 0 spiro atoms. The summed E-state index contributed by atoms with van der Waals surface area (Å²) in [6.45, 7) is 6.32. The first-order valence-corrected chi connectivity index (χ1v) is 5.65. The maximum atomic E-state index is 12.2. The summed E-state index contributed by atoms with van der Waals surface area (Å²) in [5.41, 5.74) is 0.661. The summed E-state index contributed by atoms with van der Waals surface area (Å²) < 4.78 is 5.15. The summed E-state index contributed by atoms with van der Waals surface area (Å²) in [6, 6.07) is 0.280. The number of oxazole rings is 1. The molecule has 16 heavy (non-hydrogen) atoms. The highest BCUT2D eigenvalue weighted by Gasteiger charge is 2.28. The zero-order valence-electron chi connectivity index (χ0n) is 9.69. The average molecular weight is 223 g/mol. The summed E-state index contributed by atoms with van der Waals surface area (Å²) in [6.07, 6.45) is 2.33. The predicted octanol–water partition coefficient (Wildman–Crippen LogP) is 0.807. The maximum absolute atomic E-state index is 12.2. The number of hydrogen-bond acceptors (Lipinski definition) is 4. The van der Waals surface area contributed by atoms with E-state index in [-0.39, 0.29) is 11.9 Å². The number of aryl methyl sites for hydroxylation is 1. The van der Waals surface area contributed by atoms with E-state index >= 15 is 0 Å². The van der Waals surface area contributed by atoms with Gasteiger partial charge in [-0.1, -0.05) is 0 Å². The van der Waals surface area contributed by atoms with Gasteiger partial charge in [0.05, 0.1) is 5.69 Å². The SMILES string of the molecule is CCN(C(=O)c1ocnc1C)C1CCNC1. The molecule has 2 heterocycles. The Labute approximate surface area is 94.8 Å². The van der Waals surface area contributed by atoms with Gasteiger partial charge in [0.1, 0.15) is 0 Å². The summed E-state index contributed by atoms with van der Waals surface area (Å²) >= 11 is 0.